The molecule has 0 aliphatic carbocycles. The van der Waals surface area contributed by atoms with Crippen LogP contribution in [0, 0.1) is 13.8 Å². The van der Waals surface area contributed by atoms with E-state index >= 15 is 0 Å². The third-order valence-electron chi connectivity index (χ3n) is 2.17. The highest BCUT2D eigenvalue weighted by atomic mass is 16.3. The summed E-state index contributed by atoms with van der Waals surface area (Å²) in [5.41, 5.74) is 9.61. The minimum atomic E-state index is 0.538. The Hall–Kier alpha value is -1.71. The van der Waals surface area contributed by atoms with E-state index in [1.54, 1.807) is 12.5 Å². The highest BCUT2D eigenvalue weighted by molar-refractivity contribution is 5.69. The van der Waals surface area contributed by atoms with Gasteiger partial charge < -0.3 is 10.2 Å². The van der Waals surface area contributed by atoms with Crippen molar-refractivity contribution in [2.24, 2.45) is 0 Å². The molecule has 0 radical (unpaired) electrons. The van der Waals surface area contributed by atoms with Crippen LogP contribution < -0.4 is 5.73 Å². The van der Waals surface area contributed by atoms with E-state index in [0.29, 0.717) is 5.82 Å². The number of nitrogens with one attached hydrogen (secondary N) is 1. The average molecular weight is 177 g/mol. The zero-order chi connectivity index (χ0) is 9.42. The molecule has 2 aromatic heterocycles. The molecule has 2 aromatic rings. The fraction of sp³-hybridized carbons (Fsp3) is 0.222. The summed E-state index contributed by atoms with van der Waals surface area (Å²) in [4.78, 5) is 0. The smallest absolute Gasteiger partial charge is 0.148 e. The van der Waals surface area contributed by atoms with Gasteiger partial charge in [-0.25, -0.2) is 0 Å². The molecule has 4 heteroatoms. The lowest BCUT2D eigenvalue weighted by Crippen LogP contribution is -1.86. The molecule has 0 aromatic carbocycles. The number of rotatable bonds is 1. The number of furan rings is 1. The topological polar surface area (TPSA) is 67.8 Å². The van der Waals surface area contributed by atoms with E-state index in [-0.39, 0.29) is 0 Å². The van der Waals surface area contributed by atoms with Crippen LogP contribution in [0.1, 0.15) is 11.1 Å². The molecule has 0 fully saturated rings. The molecule has 2 heterocycles. The van der Waals surface area contributed by atoms with Crippen molar-refractivity contribution in [2.75, 3.05) is 5.73 Å². The number of aromatic nitrogens is 2. The van der Waals surface area contributed by atoms with Crippen molar-refractivity contribution >= 4 is 5.82 Å². The number of nitrogens with zero attached hydrogens (tertiary/aromatic N) is 1. The second kappa shape index (κ2) is 2.65. The molecule has 0 atom stereocenters. The van der Waals surface area contributed by atoms with Gasteiger partial charge in [-0.1, -0.05) is 0 Å². The fourth-order valence-electron chi connectivity index (χ4n) is 1.29. The summed E-state index contributed by atoms with van der Waals surface area (Å²) in [5, 5.41) is 6.81. The van der Waals surface area contributed by atoms with Crippen molar-refractivity contribution in [3.05, 3.63) is 23.7 Å². The molecule has 0 amide bonds. The van der Waals surface area contributed by atoms with Crippen LogP contribution >= 0.6 is 0 Å². The number of anilines is 1. The minimum Gasteiger partial charge on any atom is -0.472 e. The van der Waals surface area contributed by atoms with E-state index in [1.807, 2.05) is 13.8 Å². The molecule has 3 N–H and O–H groups in total. The van der Waals surface area contributed by atoms with Crippen LogP contribution in [0.5, 0.6) is 0 Å². The quantitative estimate of drug-likeness (QED) is 0.698. The number of aromatic amines is 1. The van der Waals surface area contributed by atoms with Crippen molar-refractivity contribution in [2.45, 2.75) is 13.8 Å². The predicted octanol–water partition coefficient (Wildman–Crippen LogP) is 1.87. The molecule has 0 saturated carbocycles. The van der Waals surface area contributed by atoms with Gasteiger partial charge in [0, 0.05) is 11.1 Å². The molecule has 2 rings (SSSR count). The number of aryl methyl sites for hydroxylation is 1. The first-order chi connectivity index (χ1) is 6.20. The summed E-state index contributed by atoms with van der Waals surface area (Å²) in [7, 11) is 0. The highest BCUT2D eigenvalue weighted by Crippen LogP contribution is 2.27. The van der Waals surface area contributed by atoms with Crippen molar-refractivity contribution in [3.63, 3.8) is 0 Å². The predicted molar refractivity (Wildman–Crippen MR) is 50.2 cm³/mol. The average Bonchev–Trinajstić information content (AvgIpc) is 2.62. The van der Waals surface area contributed by atoms with Crippen LogP contribution in [0.3, 0.4) is 0 Å². The van der Waals surface area contributed by atoms with Gasteiger partial charge in [0.25, 0.3) is 0 Å². The summed E-state index contributed by atoms with van der Waals surface area (Å²) < 4.78 is 5.08. The second-order valence-corrected chi connectivity index (χ2v) is 3.08. The SMILES string of the molecule is Cc1cocc1-c1[nH]nc(N)c1C. The van der Waals surface area contributed by atoms with Crippen molar-refractivity contribution in [3.8, 4) is 11.3 Å². The molecule has 0 saturated heterocycles. The van der Waals surface area contributed by atoms with E-state index in [0.717, 1.165) is 22.4 Å². The summed E-state index contributed by atoms with van der Waals surface area (Å²) in [6.07, 6.45) is 3.39. The number of hydrogen-bond acceptors (Lipinski definition) is 3. The van der Waals surface area contributed by atoms with Crippen molar-refractivity contribution < 1.29 is 4.42 Å². The van der Waals surface area contributed by atoms with E-state index < -0.39 is 0 Å². The maximum Gasteiger partial charge on any atom is 0.148 e. The lowest BCUT2D eigenvalue weighted by atomic mass is 10.1. The minimum absolute atomic E-state index is 0.538. The third-order valence-corrected chi connectivity index (χ3v) is 2.17. The lowest BCUT2D eigenvalue weighted by Gasteiger charge is -1.95. The van der Waals surface area contributed by atoms with Gasteiger partial charge in [0.15, 0.2) is 0 Å². The first kappa shape index (κ1) is 7.91. The molecular weight excluding hydrogens is 166 g/mol. The van der Waals surface area contributed by atoms with Gasteiger partial charge in [0.1, 0.15) is 5.82 Å². The van der Waals surface area contributed by atoms with Crippen LogP contribution in [-0.4, -0.2) is 10.2 Å². The molecular formula is C9H11N3O. The Morgan fingerprint density at radius 2 is 2.15 bits per heavy atom. The van der Waals surface area contributed by atoms with E-state index in [4.69, 9.17) is 10.2 Å². The monoisotopic (exact) mass is 177 g/mol. The van der Waals surface area contributed by atoms with Gasteiger partial charge in [-0.3, -0.25) is 5.10 Å². The van der Waals surface area contributed by atoms with Crippen LogP contribution in [-0.2, 0) is 0 Å². The van der Waals surface area contributed by atoms with Gasteiger partial charge in [0.2, 0.25) is 0 Å². The van der Waals surface area contributed by atoms with Gasteiger partial charge in [-0.05, 0) is 19.4 Å². The Morgan fingerprint density at radius 3 is 2.62 bits per heavy atom. The normalized spacial score (nSPS) is 10.6. The standard InChI is InChI=1S/C9H11N3O/c1-5-3-13-4-7(5)8-6(2)9(10)12-11-8/h3-4H,1-2H3,(H3,10,11,12). The van der Waals surface area contributed by atoms with Crippen molar-refractivity contribution in [1.82, 2.24) is 10.2 Å². The summed E-state index contributed by atoms with van der Waals surface area (Å²) in [5.74, 6) is 0.538. The number of hydrogen-bond donors (Lipinski definition) is 2. The second-order valence-electron chi connectivity index (χ2n) is 3.08. The molecule has 0 aliphatic heterocycles. The number of H-pyrrole nitrogens is 1. The molecule has 4 nitrogen and oxygen atoms in total. The largest absolute Gasteiger partial charge is 0.472 e. The first-order valence-electron chi connectivity index (χ1n) is 4.03. The Morgan fingerprint density at radius 1 is 1.38 bits per heavy atom. The van der Waals surface area contributed by atoms with E-state index in [1.165, 1.54) is 0 Å². The van der Waals surface area contributed by atoms with Gasteiger partial charge >= 0.3 is 0 Å². The Balaban J connectivity index is 2.59. The molecule has 0 aliphatic rings. The number of nitrogens with two attached hydrogens (primary N) is 1. The summed E-state index contributed by atoms with van der Waals surface area (Å²) in [6, 6.07) is 0. The fourth-order valence-corrected chi connectivity index (χ4v) is 1.29. The molecule has 0 spiro atoms. The zero-order valence-corrected chi connectivity index (χ0v) is 7.59. The lowest BCUT2D eigenvalue weighted by molar-refractivity contribution is 0.566. The first-order valence-corrected chi connectivity index (χ1v) is 4.03. The zero-order valence-electron chi connectivity index (χ0n) is 7.59. The number of nitrogen functional groups attached to an aromatic ring is 1. The van der Waals surface area contributed by atoms with Gasteiger partial charge in [-0.15, -0.1) is 0 Å². The summed E-state index contributed by atoms with van der Waals surface area (Å²) in [6.45, 7) is 3.91. The van der Waals surface area contributed by atoms with Gasteiger partial charge in [0.05, 0.1) is 18.2 Å². The maximum atomic E-state index is 5.62. The van der Waals surface area contributed by atoms with Crippen molar-refractivity contribution in [1.29, 1.82) is 0 Å². The van der Waals surface area contributed by atoms with Crippen LogP contribution in [0.2, 0.25) is 0 Å². The van der Waals surface area contributed by atoms with E-state index in [9.17, 15) is 0 Å². The molecule has 0 bridgehead atoms. The van der Waals surface area contributed by atoms with Gasteiger partial charge in [-0.2, -0.15) is 5.10 Å². The Kier molecular flexibility index (Phi) is 1.62. The molecule has 13 heavy (non-hydrogen) atoms. The maximum absolute atomic E-state index is 5.62. The molecule has 68 valence electrons. The van der Waals surface area contributed by atoms with Crippen LogP contribution in [0.25, 0.3) is 11.3 Å². The Bertz CT molecular complexity index is 428. The third kappa shape index (κ3) is 1.11. The van der Waals surface area contributed by atoms with Crippen LogP contribution in [0.4, 0.5) is 5.82 Å². The Labute approximate surface area is 75.7 Å². The summed E-state index contributed by atoms with van der Waals surface area (Å²) >= 11 is 0. The van der Waals surface area contributed by atoms with Crippen LogP contribution in [0.15, 0.2) is 16.9 Å². The van der Waals surface area contributed by atoms with E-state index in [2.05, 4.69) is 10.2 Å². The molecule has 0 unspecified atom stereocenters. The highest BCUT2D eigenvalue weighted by Gasteiger charge is 2.11.